The Morgan fingerprint density at radius 1 is 1.24 bits per heavy atom. The highest BCUT2D eigenvalue weighted by Crippen LogP contribution is 2.40. The van der Waals surface area contributed by atoms with Crippen molar-refractivity contribution in [3.8, 4) is 0 Å². The zero-order valence-corrected chi connectivity index (χ0v) is 12.7. The van der Waals surface area contributed by atoms with Gasteiger partial charge in [-0.15, -0.1) is 0 Å². The summed E-state index contributed by atoms with van der Waals surface area (Å²) in [7, 11) is 0. The lowest BCUT2D eigenvalue weighted by Gasteiger charge is -2.11. The van der Waals surface area contributed by atoms with Crippen LogP contribution in [0, 0.1) is 20.8 Å². The van der Waals surface area contributed by atoms with E-state index >= 15 is 0 Å². The Morgan fingerprint density at radius 2 is 1.90 bits per heavy atom. The highest BCUT2D eigenvalue weighted by molar-refractivity contribution is 5.92. The second-order valence-electron chi connectivity index (χ2n) is 5.95. The lowest BCUT2D eigenvalue weighted by atomic mass is 10.00. The van der Waals surface area contributed by atoms with Gasteiger partial charge in [-0.2, -0.15) is 0 Å². The summed E-state index contributed by atoms with van der Waals surface area (Å²) in [6, 6.07) is 6.04. The minimum atomic E-state index is -0.176. The predicted molar refractivity (Wildman–Crippen MR) is 80.3 cm³/mol. The van der Waals surface area contributed by atoms with E-state index in [1.54, 1.807) is 6.07 Å². The molecule has 110 valence electrons. The number of aryl methyl sites for hydroxylation is 3. The van der Waals surface area contributed by atoms with Crippen LogP contribution >= 0.6 is 0 Å². The van der Waals surface area contributed by atoms with Crippen molar-refractivity contribution in [2.75, 3.05) is 0 Å². The number of rotatable bonds is 4. The van der Waals surface area contributed by atoms with Crippen molar-refractivity contribution in [3.63, 3.8) is 0 Å². The number of benzene rings is 1. The van der Waals surface area contributed by atoms with Crippen LogP contribution in [-0.2, 0) is 6.54 Å². The third-order valence-electron chi connectivity index (χ3n) is 4.01. The molecule has 3 rings (SSSR count). The zero-order valence-electron chi connectivity index (χ0n) is 12.7. The molecular formula is C17H20N2O2. The molecule has 4 heteroatoms. The average Bonchev–Trinajstić information content (AvgIpc) is 3.15. The van der Waals surface area contributed by atoms with Gasteiger partial charge in [-0.3, -0.25) is 4.79 Å². The first-order valence-electron chi connectivity index (χ1n) is 7.36. The summed E-state index contributed by atoms with van der Waals surface area (Å²) >= 11 is 0. The number of hydrogen-bond acceptors (Lipinski definition) is 3. The highest BCUT2D eigenvalue weighted by Gasteiger charge is 2.28. The summed E-state index contributed by atoms with van der Waals surface area (Å²) < 4.78 is 5.21. The quantitative estimate of drug-likeness (QED) is 0.936. The van der Waals surface area contributed by atoms with Gasteiger partial charge in [-0.25, -0.2) is 0 Å². The number of nitrogens with one attached hydrogen (secondary N) is 1. The fourth-order valence-corrected chi connectivity index (χ4v) is 2.70. The smallest absolute Gasteiger partial charge is 0.273 e. The molecule has 0 atom stereocenters. The number of nitrogens with zero attached hydrogens (tertiary/aromatic N) is 1. The van der Waals surface area contributed by atoms with Gasteiger partial charge < -0.3 is 9.84 Å². The topological polar surface area (TPSA) is 55.1 Å². The summed E-state index contributed by atoms with van der Waals surface area (Å²) in [5.41, 5.74) is 5.18. The molecule has 4 nitrogen and oxygen atoms in total. The van der Waals surface area contributed by atoms with Crippen molar-refractivity contribution in [3.05, 3.63) is 51.9 Å². The third-order valence-corrected chi connectivity index (χ3v) is 4.01. The lowest BCUT2D eigenvalue weighted by molar-refractivity contribution is 0.0941. The molecule has 1 aromatic heterocycles. The molecule has 0 unspecified atom stereocenters. The van der Waals surface area contributed by atoms with E-state index < -0.39 is 0 Å². The van der Waals surface area contributed by atoms with Crippen molar-refractivity contribution >= 4 is 5.91 Å². The molecule has 1 aliphatic carbocycles. The van der Waals surface area contributed by atoms with Crippen LogP contribution in [0.3, 0.4) is 0 Å². The Bertz CT molecular complexity index is 661. The van der Waals surface area contributed by atoms with E-state index in [1.807, 2.05) is 0 Å². The molecule has 1 aliphatic rings. The monoisotopic (exact) mass is 284 g/mol. The third kappa shape index (κ3) is 2.99. The van der Waals surface area contributed by atoms with Crippen LogP contribution in [0.4, 0.5) is 0 Å². The molecule has 2 aromatic rings. The summed E-state index contributed by atoms with van der Waals surface area (Å²) in [4.78, 5) is 12.1. The van der Waals surface area contributed by atoms with Gasteiger partial charge >= 0.3 is 0 Å². The van der Waals surface area contributed by atoms with E-state index in [0.29, 0.717) is 18.2 Å². The fourth-order valence-electron chi connectivity index (χ4n) is 2.70. The van der Waals surface area contributed by atoms with Crippen molar-refractivity contribution in [1.29, 1.82) is 0 Å². The summed E-state index contributed by atoms with van der Waals surface area (Å²) in [5.74, 6) is 1.13. The van der Waals surface area contributed by atoms with Crippen molar-refractivity contribution in [2.45, 2.75) is 46.1 Å². The second kappa shape index (κ2) is 5.35. The Kier molecular flexibility index (Phi) is 3.53. The van der Waals surface area contributed by atoms with Crippen LogP contribution in [0.25, 0.3) is 0 Å². The molecule has 1 amide bonds. The SMILES string of the molecule is Cc1cc(C)c(CNC(=O)c2cc(C3CC3)on2)c(C)c1. The highest BCUT2D eigenvalue weighted by atomic mass is 16.5. The largest absolute Gasteiger partial charge is 0.360 e. The Hall–Kier alpha value is -2.10. The van der Waals surface area contributed by atoms with Gasteiger partial charge in [-0.05, 0) is 50.3 Å². The van der Waals surface area contributed by atoms with Gasteiger partial charge in [0.05, 0.1) is 0 Å². The maximum absolute atomic E-state index is 12.1. The first-order chi connectivity index (χ1) is 10.0. The Morgan fingerprint density at radius 3 is 2.52 bits per heavy atom. The van der Waals surface area contributed by atoms with Gasteiger partial charge in [0.15, 0.2) is 5.69 Å². The minimum absolute atomic E-state index is 0.176. The standard InChI is InChI=1S/C17H20N2O2/c1-10-6-11(2)14(12(3)7-10)9-18-17(20)15-8-16(21-19-15)13-4-5-13/h6-8,13H,4-5,9H2,1-3H3,(H,18,20). The minimum Gasteiger partial charge on any atom is -0.360 e. The normalized spacial score (nSPS) is 14.2. The number of carbonyl (C=O) groups excluding carboxylic acids is 1. The van der Waals surface area contributed by atoms with Crippen LogP contribution in [-0.4, -0.2) is 11.1 Å². The van der Waals surface area contributed by atoms with Gasteiger partial charge in [0, 0.05) is 18.5 Å². The zero-order chi connectivity index (χ0) is 15.0. The molecule has 21 heavy (non-hydrogen) atoms. The van der Waals surface area contributed by atoms with Crippen LogP contribution in [0.2, 0.25) is 0 Å². The van der Waals surface area contributed by atoms with E-state index in [0.717, 1.165) is 18.6 Å². The molecule has 1 heterocycles. The number of carbonyl (C=O) groups is 1. The molecular weight excluding hydrogens is 264 g/mol. The second-order valence-corrected chi connectivity index (χ2v) is 5.95. The molecule has 1 N–H and O–H groups in total. The molecule has 1 aromatic carbocycles. The van der Waals surface area contributed by atoms with Gasteiger partial charge in [0.2, 0.25) is 0 Å². The summed E-state index contributed by atoms with van der Waals surface area (Å²) in [6.07, 6.45) is 2.27. The maximum atomic E-state index is 12.1. The molecule has 0 radical (unpaired) electrons. The average molecular weight is 284 g/mol. The Balaban J connectivity index is 1.67. The predicted octanol–water partition coefficient (Wildman–Crippen LogP) is 3.41. The summed E-state index contributed by atoms with van der Waals surface area (Å²) in [6.45, 7) is 6.74. The van der Waals surface area contributed by atoms with Gasteiger partial charge in [-0.1, -0.05) is 22.9 Å². The van der Waals surface area contributed by atoms with E-state index in [-0.39, 0.29) is 5.91 Å². The van der Waals surface area contributed by atoms with E-state index in [4.69, 9.17) is 4.52 Å². The molecule has 0 spiro atoms. The first kappa shape index (κ1) is 13.9. The Labute approximate surface area is 124 Å². The first-order valence-corrected chi connectivity index (χ1v) is 7.36. The molecule has 0 bridgehead atoms. The van der Waals surface area contributed by atoms with Crippen molar-refractivity contribution in [2.24, 2.45) is 0 Å². The van der Waals surface area contributed by atoms with Crippen molar-refractivity contribution < 1.29 is 9.32 Å². The molecule has 1 saturated carbocycles. The maximum Gasteiger partial charge on any atom is 0.273 e. The van der Waals surface area contributed by atoms with Crippen LogP contribution in [0.15, 0.2) is 22.7 Å². The molecule has 0 aliphatic heterocycles. The van der Waals surface area contributed by atoms with Crippen molar-refractivity contribution in [1.82, 2.24) is 10.5 Å². The lowest BCUT2D eigenvalue weighted by Crippen LogP contribution is -2.24. The van der Waals surface area contributed by atoms with E-state index in [9.17, 15) is 4.79 Å². The fraction of sp³-hybridized carbons (Fsp3) is 0.412. The van der Waals surface area contributed by atoms with Crippen LogP contribution in [0.1, 0.15) is 57.3 Å². The van der Waals surface area contributed by atoms with E-state index in [2.05, 4.69) is 43.4 Å². The van der Waals surface area contributed by atoms with Gasteiger partial charge in [0.1, 0.15) is 5.76 Å². The van der Waals surface area contributed by atoms with Gasteiger partial charge in [0.25, 0.3) is 5.91 Å². The molecule has 1 fully saturated rings. The van der Waals surface area contributed by atoms with E-state index in [1.165, 1.54) is 22.3 Å². The number of amides is 1. The number of aromatic nitrogens is 1. The van der Waals surface area contributed by atoms with Crippen LogP contribution < -0.4 is 5.32 Å². The number of hydrogen-bond donors (Lipinski definition) is 1. The molecule has 0 saturated heterocycles. The summed E-state index contributed by atoms with van der Waals surface area (Å²) in [5, 5.41) is 6.79. The van der Waals surface area contributed by atoms with Crippen LogP contribution in [0.5, 0.6) is 0 Å².